The predicted octanol–water partition coefficient (Wildman–Crippen LogP) is 3.92. The third-order valence-corrected chi connectivity index (χ3v) is 4.84. The van der Waals surface area contributed by atoms with Crippen molar-refractivity contribution in [3.05, 3.63) is 49.6 Å². The monoisotopic (exact) mass is 360 g/mol. The summed E-state index contributed by atoms with van der Waals surface area (Å²) in [6.45, 7) is 0. The van der Waals surface area contributed by atoms with Gasteiger partial charge in [-0.15, -0.1) is 11.3 Å². The lowest BCUT2D eigenvalue weighted by molar-refractivity contribution is 0.406. The molecule has 3 nitrogen and oxygen atoms in total. The third kappa shape index (κ3) is 3.70. The second kappa shape index (κ2) is 6.72. The molecule has 3 N–H and O–H groups in total. The first-order chi connectivity index (χ1) is 9.13. The summed E-state index contributed by atoms with van der Waals surface area (Å²) in [6.07, 6.45) is 0.715. The smallest absolute Gasteiger partial charge is 0.122 e. The number of hydrogen-bond acceptors (Lipinski definition) is 4. The van der Waals surface area contributed by atoms with Crippen LogP contribution in [0.5, 0.6) is 5.75 Å². The van der Waals surface area contributed by atoms with E-state index < -0.39 is 0 Å². The van der Waals surface area contributed by atoms with Gasteiger partial charge in [-0.3, -0.25) is 11.3 Å². The molecule has 0 amide bonds. The number of methoxy groups -OCH3 is 1. The second-order valence-electron chi connectivity index (χ2n) is 4.05. The minimum atomic E-state index is 0.0312. The maximum atomic E-state index is 6.04. The highest BCUT2D eigenvalue weighted by Crippen LogP contribution is 2.31. The molecule has 1 aromatic heterocycles. The lowest BCUT2D eigenvalue weighted by Gasteiger charge is -2.16. The normalized spacial score (nSPS) is 12.4. The molecule has 2 rings (SSSR count). The van der Waals surface area contributed by atoms with Gasteiger partial charge in [0.05, 0.1) is 13.2 Å². The summed E-state index contributed by atoms with van der Waals surface area (Å²) < 4.78 is 6.41. The largest absolute Gasteiger partial charge is 0.496 e. The van der Waals surface area contributed by atoms with E-state index in [9.17, 15) is 0 Å². The molecule has 2 aromatic rings. The van der Waals surface area contributed by atoms with Gasteiger partial charge < -0.3 is 4.74 Å². The zero-order valence-electron chi connectivity index (χ0n) is 10.3. The molecule has 0 aliphatic carbocycles. The highest BCUT2D eigenvalue weighted by atomic mass is 79.9. The van der Waals surface area contributed by atoms with E-state index in [0.717, 1.165) is 20.7 Å². The summed E-state index contributed by atoms with van der Waals surface area (Å²) in [4.78, 5) is 1.16. The molecule has 1 unspecified atom stereocenters. The van der Waals surface area contributed by atoms with E-state index in [-0.39, 0.29) is 6.04 Å². The number of halogens is 2. The minimum Gasteiger partial charge on any atom is -0.496 e. The van der Waals surface area contributed by atoms with Crippen molar-refractivity contribution in [1.82, 2.24) is 5.43 Å². The van der Waals surface area contributed by atoms with Gasteiger partial charge >= 0.3 is 0 Å². The van der Waals surface area contributed by atoms with Crippen molar-refractivity contribution in [3.8, 4) is 5.75 Å². The van der Waals surface area contributed by atoms with Crippen molar-refractivity contribution in [3.63, 3.8) is 0 Å². The number of nitrogens with one attached hydrogen (secondary N) is 1. The molecule has 0 aliphatic heterocycles. The molecule has 0 fully saturated rings. The molecule has 0 saturated carbocycles. The van der Waals surface area contributed by atoms with Gasteiger partial charge in [-0.05, 0) is 52.2 Å². The Kier molecular flexibility index (Phi) is 5.24. The fourth-order valence-corrected chi connectivity index (χ4v) is 3.58. The van der Waals surface area contributed by atoms with E-state index in [4.69, 9.17) is 22.2 Å². The van der Waals surface area contributed by atoms with Gasteiger partial charge in [-0.25, -0.2) is 0 Å². The van der Waals surface area contributed by atoms with Gasteiger partial charge in [0, 0.05) is 19.8 Å². The molecule has 0 bridgehead atoms. The maximum absolute atomic E-state index is 6.04. The molecule has 1 aromatic carbocycles. The van der Waals surface area contributed by atoms with E-state index in [1.165, 1.54) is 0 Å². The van der Waals surface area contributed by atoms with Crippen LogP contribution in [0.3, 0.4) is 0 Å². The molecule has 0 aliphatic rings. The summed E-state index contributed by atoms with van der Waals surface area (Å²) in [5.41, 5.74) is 3.87. The first-order valence-electron chi connectivity index (χ1n) is 5.66. The van der Waals surface area contributed by atoms with Crippen molar-refractivity contribution < 1.29 is 4.74 Å². The summed E-state index contributed by atoms with van der Waals surface area (Å²) in [6, 6.07) is 7.69. The molecule has 6 heteroatoms. The van der Waals surface area contributed by atoms with Gasteiger partial charge in [0.25, 0.3) is 0 Å². The lowest BCUT2D eigenvalue weighted by Crippen LogP contribution is -2.29. The Labute approximate surface area is 129 Å². The number of benzene rings is 1. The van der Waals surface area contributed by atoms with Crippen molar-refractivity contribution in [2.75, 3.05) is 7.11 Å². The van der Waals surface area contributed by atoms with Crippen LogP contribution in [-0.4, -0.2) is 7.11 Å². The van der Waals surface area contributed by atoms with Crippen molar-refractivity contribution in [2.24, 2.45) is 5.84 Å². The van der Waals surface area contributed by atoms with Gasteiger partial charge in [0.1, 0.15) is 5.75 Å². The first kappa shape index (κ1) is 14.8. The molecule has 0 saturated heterocycles. The van der Waals surface area contributed by atoms with Crippen LogP contribution in [0.25, 0.3) is 0 Å². The van der Waals surface area contributed by atoms with Crippen LogP contribution in [0.4, 0.5) is 0 Å². The maximum Gasteiger partial charge on any atom is 0.122 e. The number of nitrogens with two attached hydrogens (primary N) is 1. The van der Waals surface area contributed by atoms with E-state index in [1.807, 2.05) is 23.6 Å². The van der Waals surface area contributed by atoms with Crippen LogP contribution in [0.15, 0.2) is 34.1 Å². The number of rotatable bonds is 5. The van der Waals surface area contributed by atoms with Crippen LogP contribution < -0.4 is 16.0 Å². The fraction of sp³-hybridized carbons (Fsp3) is 0.231. The molecule has 102 valence electrons. The fourth-order valence-electron chi connectivity index (χ4n) is 1.88. The Morgan fingerprint density at radius 2 is 2.26 bits per heavy atom. The van der Waals surface area contributed by atoms with Crippen LogP contribution in [0.1, 0.15) is 16.5 Å². The topological polar surface area (TPSA) is 47.3 Å². The highest BCUT2D eigenvalue weighted by Gasteiger charge is 2.15. The molecule has 1 heterocycles. The highest BCUT2D eigenvalue weighted by molar-refractivity contribution is 9.10. The SMILES string of the molecule is COc1ccc(Cl)cc1CC(NN)c1cc(Br)cs1. The van der Waals surface area contributed by atoms with Crippen LogP contribution in [-0.2, 0) is 6.42 Å². The first-order valence-corrected chi connectivity index (χ1v) is 7.71. The average Bonchev–Trinajstić information content (AvgIpc) is 2.82. The molecule has 1 atom stereocenters. The zero-order chi connectivity index (χ0) is 13.8. The van der Waals surface area contributed by atoms with Gasteiger partial charge in [-0.2, -0.15) is 0 Å². The summed E-state index contributed by atoms with van der Waals surface area (Å²) >= 11 is 11.1. The molecular formula is C13H14BrClN2OS. The Morgan fingerprint density at radius 3 is 2.84 bits per heavy atom. The van der Waals surface area contributed by atoms with Gasteiger partial charge in [-0.1, -0.05) is 11.6 Å². The Morgan fingerprint density at radius 1 is 1.47 bits per heavy atom. The standard InChI is InChI=1S/C13H14BrClN2OS/c1-18-12-3-2-10(15)4-8(12)5-11(17-16)13-6-9(14)7-19-13/h2-4,6-7,11,17H,5,16H2,1H3. The van der Waals surface area contributed by atoms with E-state index in [0.29, 0.717) is 11.4 Å². The quantitative estimate of drug-likeness (QED) is 0.627. The molecular weight excluding hydrogens is 348 g/mol. The average molecular weight is 362 g/mol. The second-order valence-corrected chi connectivity index (χ2v) is 6.34. The van der Waals surface area contributed by atoms with Gasteiger partial charge in [0.15, 0.2) is 0 Å². The Bertz CT molecular complexity index is 561. The molecule has 19 heavy (non-hydrogen) atoms. The molecule has 0 radical (unpaired) electrons. The predicted molar refractivity (Wildman–Crippen MR) is 83.8 cm³/mol. The van der Waals surface area contributed by atoms with Crippen molar-refractivity contribution >= 4 is 38.9 Å². The Balaban J connectivity index is 2.25. The summed E-state index contributed by atoms with van der Waals surface area (Å²) in [7, 11) is 1.65. The number of thiophene rings is 1. The zero-order valence-corrected chi connectivity index (χ0v) is 13.5. The Hall–Kier alpha value is -0.590. The molecule has 0 spiro atoms. The number of hydrazine groups is 1. The minimum absolute atomic E-state index is 0.0312. The van der Waals surface area contributed by atoms with E-state index in [2.05, 4.69) is 27.4 Å². The van der Waals surface area contributed by atoms with Crippen molar-refractivity contribution in [2.45, 2.75) is 12.5 Å². The van der Waals surface area contributed by atoms with E-state index in [1.54, 1.807) is 18.4 Å². The van der Waals surface area contributed by atoms with Crippen LogP contribution >= 0.6 is 38.9 Å². The number of hydrogen-bond donors (Lipinski definition) is 2. The number of ether oxygens (including phenoxy) is 1. The third-order valence-electron chi connectivity index (χ3n) is 2.80. The van der Waals surface area contributed by atoms with E-state index >= 15 is 0 Å². The van der Waals surface area contributed by atoms with Gasteiger partial charge in [0.2, 0.25) is 0 Å². The summed E-state index contributed by atoms with van der Waals surface area (Å²) in [5, 5.41) is 2.73. The van der Waals surface area contributed by atoms with Crippen LogP contribution in [0.2, 0.25) is 5.02 Å². The lowest BCUT2D eigenvalue weighted by atomic mass is 10.0. The summed E-state index contributed by atoms with van der Waals surface area (Å²) in [5.74, 6) is 6.48. The van der Waals surface area contributed by atoms with Crippen LogP contribution in [0, 0.1) is 0 Å². The van der Waals surface area contributed by atoms with Crippen molar-refractivity contribution in [1.29, 1.82) is 0 Å².